The van der Waals surface area contributed by atoms with Gasteiger partial charge in [-0.15, -0.1) is 0 Å². The molecule has 1 aromatic carbocycles. The number of fused-ring (bicyclic) bond motifs is 1. The highest BCUT2D eigenvalue weighted by molar-refractivity contribution is 6.22. The van der Waals surface area contributed by atoms with Crippen LogP contribution in [0.25, 0.3) is 27.8 Å². The molecule has 0 spiro atoms. The number of pyridine rings is 1. The number of carbonyl (C=O) groups excluding carboxylic acids is 1. The zero-order valence-corrected chi connectivity index (χ0v) is 15.3. The summed E-state index contributed by atoms with van der Waals surface area (Å²) in [4.78, 5) is 29.4. The van der Waals surface area contributed by atoms with E-state index in [0.29, 0.717) is 16.5 Å². The van der Waals surface area contributed by atoms with Gasteiger partial charge in [0, 0.05) is 17.1 Å². The molecule has 0 atom stereocenters. The van der Waals surface area contributed by atoms with Crippen molar-refractivity contribution in [3.63, 3.8) is 0 Å². The Morgan fingerprint density at radius 2 is 1.89 bits per heavy atom. The molecule has 3 aromatic rings. The fourth-order valence-corrected chi connectivity index (χ4v) is 2.86. The first-order valence-corrected chi connectivity index (χ1v) is 8.50. The quantitative estimate of drug-likeness (QED) is 0.427. The van der Waals surface area contributed by atoms with E-state index in [1.54, 1.807) is 43.5 Å². The molecule has 138 valence electrons. The minimum Gasteiger partial charge on any atom is -0.512 e. The minimum atomic E-state index is -0.704. The number of hydrogen-bond donors (Lipinski definition) is 1. The third-order valence-electron chi connectivity index (χ3n) is 4.07. The van der Waals surface area contributed by atoms with Crippen LogP contribution in [-0.4, -0.2) is 22.7 Å². The molecule has 0 amide bonds. The summed E-state index contributed by atoms with van der Waals surface area (Å²) in [6.07, 6.45) is 1.63. The molecule has 6 heteroatoms. The normalized spacial score (nSPS) is 12.0. The zero-order chi connectivity index (χ0) is 19.6. The van der Waals surface area contributed by atoms with Gasteiger partial charge in [-0.1, -0.05) is 24.3 Å². The lowest BCUT2D eigenvalue weighted by atomic mass is 9.96. The largest absolute Gasteiger partial charge is 0.512 e. The van der Waals surface area contributed by atoms with Gasteiger partial charge in [0.05, 0.1) is 12.0 Å². The molecule has 2 aromatic heterocycles. The average molecular weight is 365 g/mol. The van der Waals surface area contributed by atoms with E-state index in [-0.39, 0.29) is 29.3 Å². The molecule has 0 saturated carbocycles. The Morgan fingerprint density at radius 3 is 2.48 bits per heavy atom. The fourth-order valence-electron chi connectivity index (χ4n) is 2.86. The lowest BCUT2D eigenvalue weighted by Gasteiger charge is -2.14. The molecule has 0 bridgehead atoms. The smallest absolute Gasteiger partial charge is 0.344 e. The second kappa shape index (κ2) is 7.45. The number of hydrogen-bond acceptors (Lipinski definition) is 6. The lowest BCUT2D eigenvalue weighted by molar-refractivity contribution is -0.136. The second-order valence-corrected chi connectivity index (χ2v) is 6.04. The van der Waals surface area contributed by atoms with Gasteiger partial charge in [-0.3, -0.25) is 4.98 Å². The number of nitrogens with zero attached hydrogens (tertiary/aromatic N) is 1. The summed E-state index contributed by atoms with van der Waals surface area (Å²) < 4.78 is 10.6. The molecule has 0 radical (unpaired) electrons. The van der Waals surface area contributed by atoms with Crippen molar-refractivity contribution < 1.29 is 19.1 Å². The van der Waals surface area contributed by atoms with Gasteiger partial charge in [0.2, 0.25) is 0 Å². The maximum Gasteiger partial charge on any atom is 0.344 e. The van der Waals surface area contributed by atoms with Crippen LogP contribution in [0.3, 0.4) is 0 Å². The zero-order valence-electron chi connectivity index (χ0n) is 15.3. The first kappa shape index (κ1) is 18.4. The first-order chi connectivity index (χ1) is 12.9. The van der Waals surface area contributed by atoms with E-state index in [2.05, 4.69) is 4.98 Å². The molecule has 0 aliphatic carbocycles. The van der Waals surface area contributed by atoms with Crippen LogP contribution in [0.1, 0.15) is 25.0 Å². The number of aliphatic hydroxyl groups is 1. The molecule has 0 aliphatic heterocycles. The van der Waals surface area contributed by atoms with E-state index >= 15 is 0 Å². The first-order valence-electron chi connectivity index (χ1n) is 8.50. The Kier molecular flexibility index (Phi) is 5.07. The van der Waals surface area contributed by atoms with Gasteiger partial charge in [0.1, 0.15) is 17.0 Å². The summed E-state index contributed by atoms with van der Waals surface area (Å²) in [6.45, 7) is 5.09. The number of esters is 1. The number of aryl methyl sites for hydroxylation is 1. The van der Waals surface area contributed by atoms with E-state index in [1.807, 2.05) is 13.0 Å². The molecule has 0 aliphatic rings. The number of benzene rings is 1. The number of carbonyl (C=O) groups is 1. The maximum atomic E-state index is 12.6. The third-order valence-corrected chi connectivity index (χ3v) is 4.07. The van der Waals surface area contributed by atoms with Crippen molar-refractivity contribution in [2.45, 2.75) is 20.8 Å². The van der Waals surface area contributed by atoms with Gasteiger partial charge in [-0.2, -0.15) is 0 Å². The highest BCUT2D eigenvalue weighted by Gasteiger charge is 2.26. The van der Waals surface area contributed by atoms with E-state index in [9.17, 15) is 14.7 Å². The molecular formula is C21H19NO5. The number of allylic oxidation sites excluding steroid dienone is 1. The molecule has 2 heterocycles. The van der Waals surface area contributed by atoms with Crippen LogP contribution >= 0.6 is 0 Å². The summed E-state index contributed by atoms with van der Waals surface area (Å²) in [5, 5.41) is 11.0. The molecule has 27 heavy (non-hydrogen) atoms. The van der Waals surface area contributed by atoms with Gasteiger partial charge in [-0.05, 0) is 38.5 Å². The van der Waals surface area contributed by atoms with Crippen molar-refractivity contribution in [2.24, 2.45) is 0 Å². The molecule has 0 unspecified atom stereocenters. The predicted molar refractivity (Wildman–Crippen MR) is 102 cm³/mol. The topological polar surface area (TPSA) is 89.6 Å². The molecule has 1 N–H and O–H groups in total. The number of ether oxygens (including phenoxy) is 1. The standard InChI is InChI=1S/C21H19NO5/c1-4-26-21(25)17(13(3)23)18-14-7-5-6-8-15(14)20(24)27-19(18)16-10-9-12(2)11-22-16/h5-11,23H,4H2,1-3H3/b17-13+. The van der Waals surface area contributed by atoms with Crippen LogP contribution in [0.4, 0.5) is 0 Å². The summed E-state index contributed by atoms with van der Waals surface area (Å²) in [6, 6.07) is 10.3. The Hall–Kier alpha value is -3.41. The number of aromatic nitrogens is 1. The predicted octanol–water partition coefficient (Wildman–Crippen LogP) is 4.02. The molecular weight excluding hydrogens is 346 g/mol. The van der Waals surface area contributed by atoms with Crippen molar-refractivity contribution in [3.05, 3.63) is 69.9 Å². The van der Waals surface area contributed by atoms with Crippen LogP contribution in [-0.2, 0) is 9.53 Å². The van der Waals surface area contributed by atoms with E-state index in [0.717, 1.165) is 5.56 Å². The van der Waals surface area contributed by atoms with E-state index in [4.69, 9.17) is 9.15 Å². The Labute approximate surface area is 155 Å². The highest BCUT2D eigenvalue weighted by Crippen LogP contribution is 2.34. The summed E-state index contributed by atoms with van der Waals surface area (Å²) >= 11 is 0. The van der Waals surface area contributed by atoms with Crippen LogP contribution in [0.5, 0.6) is 0 Å². The van der Waals surface area contributed by atoms with Crippen LogP contribution in [0.2, 0.25) is 0 Å². The summed E-state index contributed by atoms with van der Waals surface area (Å²) in [5.74, 6) is -0.833. The Balaban J connectivity index is 2.44. The van der Waals surface area contributed by atoms with Crippen molar-refractivity contribution in [3.8, 4) is 11.5 Å². The van der Waals surface area contributed by atoms with Crippen molar-refractivity contribution in [1.29, 1.82) is 0 Å². The van der Waals surface area contributed by atoms with Gasteiger partial charge < -0.3 is 14.3 Å². The van der Waals surface area contributed by atoms with Gasteiger partial charge in [-0.25, -0.2) is 9.59 Å². The van der Waals surface area contributed by atoms with Crippen molar-refractivity contribution in [2.75, 3.05) is 6.61 Å². The van der Waals surface area contributed by atoms with Crippen LogP contribution in [0.15, 0.2) is 57.6 Å². The summed E-state index contributed by atoms with van der Waals surface area (Å²) in [5.41, 5.74) is 0.976. The third kappa shape index (κ3) is 3.46. The molecule has 0 fully saturated rings. The monoisotopic (exact) mass is 365 g/mol. The fraction of sp³-hybridized carbons (Fsp3) is 0.190. The maximum absolute atomic E-state index is 12.6. The van der Waals surface area contributed by atoms with Crippen molar-refractivity contribution in [1.82, 2.24) is 4.98 Å². The Morgan fingerprint density at radius 1 is 1.19 bits per heavy atom. The number of rotatable bonds is 4. The second-order valence-electron chi connectivity index (χ2n) is 6.04. The molecule has 0 saturated heterocycles. The lowest BCUT2D eigenvalue weighted by Crippen LogP contribution is -2.13. The average Bonchev–Trinajstić information content (AvgIpc) is 2.64. The van der Waals surface area contributed by atoms with Crippen LogP contribution in [0, 0.1) is 6.92 Å². The molecule has 3 rings (SSSR count). The van der Waals surface area contributed by atoms with E-state index in [1.165, 1.54) is 6.92 Å². The van der Waals surface area contributed by atoms with Gasteiger partial charge >= 0.3 is 11.6 Å². The van der Waals surface area contributed by atoms with Gasteiger partial charge in [0.25, 0.3) is 0 Å². The SMILES string of the molecule is CCOC(=O)/C(=C(\C)O)c1c(-c2ccc(C)cn2)oc(=O)c2ccccc12. The van der Waals surface area contributed by atoms with Crippen LogP contribution < -0.4 is 5.63 Å². The summed E-state index contributed by atoms with van der Waals surface area (Å²) in [7, 11) is 0. The van der Waals surface area contributed by atoms with Gasteiger partial charge in [0.15, 0.2) is 5.76 Å². The van der Waals surface area contributed by atoms with Crippen molar-refractivity contribution >= 4 is 22.3 Å². The minimum absolute atomic E-state index is 0.0609. The Bertz CT molecular complexity index is 1090. The molecule has 6 nitrogen and oxygen atoms in total. The van der Waals surface area contributed by atoms with E-state index < -0.39 is 11.6 Å². The number of aliphatic hydroxyl groups excluding tert-OH is 1. The highest BCUT2D eigenvalue weighted by atomic mass is 16.5.